The first-order chi connectivity index (χ1) is 13.0. The number of aliphatic hydroxyl groups excluding tert-OH is 1. The molecule has 0 spiro atoms. The van der Waals surface area contributed by atoms with Crippen LogP contribution in [-0.4, -0.2) is 91.8 Å². The Bertz CT molecular complexity index is 653. The lowest BCUT2D eigenvalue weighted by atomic mass is 9.96. The number of halogens is 2. The lowest BCUT2D eigenvalue weighted by molar-refractivity contribution is -0.132. The minimum Gasteiger partial charge on any atom is -0.481 e. The SMILES string of the molecule is CN1CCN(C[C@@H]2CN(C(=O)COc3ccc(F)cc3F)C[C@@H]2CO)CC1. The molecule has 2 aliphatic rings. The number of piperazine rings is 1. The van der Waals surface area contributed by atoms with Gasteiger partial charge in [0.2, 0.25) is 0 Å². The standard InChI is InChI=1S/C19H27F2N3O3/c1-22-4-6-23(7-5-22)9-14-10-24(11-15(14)12-25)19(26)13-27-18-3-2-16(20)8-17(18)21/h2-3,8,14-15,25H,4-7,9-13H2,1H3/t14-,15-/m1/s1. The highest BCUT2D eigenvalue weighted by molar-refractivity contribution is 5.78. The van der Waals surface area contributed by atoms with Crippen LogP contribution in [0.4, 0.5) is 8.78 Å². The van der Waals surface area contributed by atoms with Gasteiger partial charge in [-0.25, -0.2) is 8.78 Å². The summed E-state index contributed by atoms with van der Waals surface area (Å²) in [6, 6.07) is 2.99. The van der Waals surface area contributed by atoms with Gasteiger partial charge in [0, 0.05) is 64.4 Å². The number of ether oxygens (including phenoxy) is 1. The molecule has 0 radical (unpaired) electrons. The van der Waals surface area contributed by atoms with E-state index in [4.69, 9.17) is 4.74 Å². The van der Waals surface area contributed by atoms with Gasteiger partial charge in [0.25, 0.3) is 5.91 Å². The summed E-state index contributed by atoms with van der Waals surface area (Å²) < 4.78 is 31.8. The molecule has 6 nitrogen and oxygen atoms in total. The number of hydrogen-bond donors (Lipinski definition) is 1. The smallest absolute Gasteiger partial charge is 0.260 e. The molecular weight excluding hydrogens is 356 g/mol. The summed E-state index contributed by atoms with van der Waals surface area (Å²) in [6.45, 7) is 5.66. The van der Waals surface area contributed by atoms with Crippen molar-refractivity contribution in [2.75, 3.05) is 66.1 Å². The van der Waals surface area contributed by atoms with Crippen LogP contribution in [0.1, 0.15) is 0 Å². The molecular formula is C19H27F2N3O3. The van der Waals surface area contributed by atoms with Crippen LogP contribution >= 0.6 is 0 Å². The number of nitrogens with zero attached hydrogens (tertiary/aromatic N) is 3. The second-order valence-electron chi connectivity index (χ2n) is 7.47. The van der Waals surface area contributed by atoms with Crippen LogP contribution in [0.15, 0.2) is 18.2 Å². The second-order valence-corrected chi connectivity index (χ2v) is 7.47. The largest absolute Gasteiger partial charge is 0.481 e. The van der Waals surface area contributed by atoms with Crippen LogP contribution in [-0.2, 0) is 4.79 Å². The highest BCUT2D eigenvalue weighted by Gasteiger charge is 2.36. The number of likely N-dealkylation sites (N-methyl/N-ethyl adjacent to an activating group) is 1. The minimum atomic E-state index is -0.828. The van der Waals surface area contributed by atoms with E-state index in [0.717, 1.165) is 44.9 Å². The number of carbonyl (C=O) groups excluding carboxylic acids is 1. The number of aliphatic hydroxyl groups is 1. The van der Waals surface area contributed by atoms with Crippen LogP contribution < -0.4 is 4.74 Å². The van der Waals surface area contributed by atoms with Crippen LogP contribution in [0.5, 0.6) is 5.75 Å². The third kappa shape index (κ3) is 5.15. The van der Waals surface area contributed by atoms with Gasteiger partial charge < -0.3 is 24.5 Å². The zero-order valence-electron chi connectivity index (χ0n) is 15.6. The van der Waals surface area contributed by atoms with Crippen molar-refractivity contribution in [3.8, 4) is 5.75 Å². The number of rotatable bonds is 6. The molecule has 0 unspecified atom stereocenters. The van der Waals surface area contributed by atoms with Gasteiger partial charge in [0.1, 0.15) is 5.82 Å². The van der Waals surface area contributed by atoms with Gasteiger partial charge in [-0.1, -0.05) is 0 Å². The van der Waals surface area contributed by atoms with Gasteiger partial charge in [-0.05, 0) is 25.1 Å². The zero-order valence-corrected chi connectivity index (χ0v) is 15.6. The first-order valence-electron chi connectivity index (χ1n) is 9.33. The van der Waals surface area contributed by atoms with Crippen molar-refractivity contribution < 1.29 is 23.4 Å². The number of likely N-dealkylation sites (tertiary alicyclic amines) is 1. The summed E-state index contributed by atoms with van der Waals surface area (Å²) in [5.74, 6) is -1.66. The third-order valence-electron chi connectivity index (χ3n) is 5.50. The Balaban J connectivity index is 1.51. The van der Waals surface area contributed by atoms with Crippen molar-refractivity contribution >= 4 is 5.91 Å². The minimum absolute atomic E-state index is 0.0373. The van der Waals surface area contributed by atoms with Crippen molar-refractivity contribution in [3.63, 3.8) is 0 Å². The predicted molar refractivity (Wildman–Crippen MR) is 96.4 cm³/mol. The summed E-state index contributed by atoms with van der Waals surface area (Å²) in [7, 11) is 2.10. The van der Waals surface area contributed by atoms with E-state index in [1.54, 1.807) is 4.90 Å². The summed E-state index contributed by atoms with van der Waals surface area (Å²) in [5, 5.41) is 9.70. The van der Waals surface area contributed by atoms with Crippen molar-refractivity contribution in [1.82, 2.24) is 14.7 Å². The Kier molecular flexibility index (Phi) is 6.62. The second kappa shape index (κ2) is 8.95. The molecule has 1 aromatic carbocycles. The number of hydrogen-bond acceptors (Lipinski definition) is 5. The van der Waals surface area contributed by atoms with Crippen LogP contribution in [0, 0.1) is 23.5 Å². The molecule has 27 heavy (non-hydrogen) atoms. The number of amides is 1. The van der Waals surface area contributed by atoms with Crippen molar-refractivity contribution in [2.24, 2.45) is 11.8 Å². The molecule has 2 aliphatic heterocycles. The molecule has 0 saturated carbocycles. The highest BCUT2D eigenvalue weighted by atomic mass is 19.1. The number of carbonyl (C=O) groups is 1. The van der Waals surface area contributed by atoms with Gasteiger partial charge in [-0.15, -0.1) is 0 Å². The Morgan fingerprint density at radius 2 is 1.89 bits per heavy atom. The van der Waals surface area contributed by atoms with Crippen molar-refractivity contribution in [1.29, 1.82) is 0 Å². The summed E-state index contributed by atoms with van der Waals surface area (Å²) in [5.41, 5.74) is 0. The molecule has 2 saturated heterocycles. The predicted octanol–water partition coefficient (Wildman–Crippen LogP) is 0.658. The van der Waals surface area contributed by atoms with Crippen molar-refractivity contribution in [3.05, 3.63) is 29.8 Å². The lowest BCUT2D eigenvalue weighted by Gasteiger charge is -2.34. The van der Waals surface area contributed by atoms with E-state index in [2.05, 4.69) is 16.8 Å². The summed E-state index contributed by atoms with van der Waals surface area (Å²) >= 11 is 0. The third-order valence-corrected chi connectivity index (χ3v) is 5.50. The maximum atomic E-state index is 13.6. The van der Waals surface area contributed by atoms with E-state index in [-0.39, 0.29) is 36.7 Å². The van der Waals surface area contributed by atoms with E-state index in [1.807, 2.05) is 0 Å². The van der Waals surface area contributed by atoms with E-state index < -0.39 is 11.6 Å². The van der Waals surface area contributed by atoms with E-state index >= 15 is 0 Å². The topological polar surface area (TPSA) is 56.2 Å². The molecule has 1 aromatic rings. The maximum absolute atomic E-state index is 13.6. The molecule has 2 fully saturated rings. The Hall–Kier alpha value is -1.77. The highest BCUT2D eigenvalue weighted by Crippen LogP contribution is 2.25. The van der Waals surface area contributed by atoms with Gasteiger partial charge >= 0.3 is 0 Å². The molecule has 0 aromatic heterocycles. The Morgan fingerprint density at radius 1 is 1.19 bits per heavy atom. The van der Waals surface area contributed by atoms with Gasteiger partial charge in [-0.2, -0.15) is 0 Å². The summed E-state index contributed by atoms with van der Waals surface area (Å²) in [6.07, 6.45) is 0. The molecule has 150 valence electrons. The Labute approximate surface area is 158 Å². The first-order valence-corrected chi connectivity index (χ1v) is 9.33. The van der Waals surface area contributed by atoms with Crippen LogP contribution in [0.25, 0.3) is 0 Å². The first kappa shape index (κ1) is 20.0. The number of benzene rings is 1. The molecule has 0 bridgehead atoms. The monoisotopic (exact) mass is 383 g/mol. The van der Waals surface area contributed by atoms with Gasteiger partial charge in [0.15, 0.2) is 18.2 Å². The normalized spacial score (nSPS) is 24.4. The molecule has 2 heterocycles. The van der Waals surface area contributed by atoms with Crippen LogP contribution in [0.2, 0.25) is 0 Å². The maximum Gasteiger partial charge on any atom is 0.260 e. The molecule has 2 atom stereocenters. The lowest BCUT2D eigenvalue weighted by Crippen LogP contribution is -2.47. The Morgan fingerprint density at radius 3 is 2.56 bits per heavy atom. The zero-order chi connectivity index (χ0) is 19.4. The summed E-state index contributed by atoms with van der Waals surface area (Å²) in [4.78, 5) is 18.8. The van der Waals surface area contributed by atoms with Crippen LogP contribution in [0.3, 0.4) is 0 Å². The molecule has 8 heteroatoms. The quantitative estimate of drug-likeness (QED) is 0.782. The van der Waals surface area contributed by atoms with E-state index in [0.29, 0.717) is 13.1 Å². The molecule has 1 N–H and O–H groups in total. The average Bonchev–Trinajstić information content (AvgIpc) is 3.05. The molecule has 0 aliphatic carbocycles. The van der Waals surface area contributed by atoms with Gasteiger partial charge in [0.05, 0.1) is 0 Å². The van der Waals surface area contributed by atoms with E-state index in [1.165, 1.54) is 6.07 Å². The molecule has 3 rings (SSSR count). The average molecular weight is 383 g/mol. The fourth-order valence-corrected chi connectivity index (χ4v) is 3.74. The fourth-order valence-electron chi connectivity index (χ4n) is 3.74. The van der Waals surface area contributed by atoms with Crippen molar-refractivity contribution in [2.45, 2.75) is 0 Å². The fraction of sp³-hybridized carbons (Fsp3) is 0.632. The van der Waals surface area contributed by atoms with Gasteiger partial charge in [-0.3, -0.25) is 4.79 Å². The molecule has 1 amide bonds. The van der Waals surface area contributed by atoms with E-state index in [9.17, 15) is 18.7 Å².